The van der Waals surface area contributed by atoms with Crippen LogP contribution in [0.3, 0.4) is 0 Å². The minimum atomic E-state index is -1.34. The Hall–Kier alpha value is -3.39. The summed E-state index contributed by atoms with van der Waals surface area (Å²) in [5.41, 5.74) is 3.11. The summed E-state index contributed by atoms with van der Waals surface area (Å²) in [6.07, 6.45) is -0.158. The zero-order chi connectivity index (χ0) is 24.0. The highest BCUT2D eigenvalue weighted by Crippen LogP contribution is 2.44. The Morgan fingerprint density at radius 1 is 1.09 bits per heavy atom. The van der Waals surface area contributed by atoms with Gasteiger partial charge >= 0.3 is 12.1 Å². The van der Waals surface area contributed by atoms with E-state index in [0.717, 1.165) is 22.3 Å². The third-order valence-corrected chi connectivity index (χ3v) is 7.14. The minimum Gasteiger partial charge on any atom is -0.480 e. The molecule has 2 aromatic rings. The number of nitrogens with zero attached hydrogens (tertiary/aromatic N) is 1. The molecule has 2 heterocycles. The SMILES string of the molecule is CC(C)(NC(=O)OCC1c2ccccc2-c2ccccc21)C(=O)N1C(C(=O)O)CC2OCCC21. The summed E-state index contributed by atoms with van der Waals surface area (Å²) in [5.74, 6) is -1.61. The van der Waals surface area contributed by atoms with Crippen LogP contribution in [-0.4, -0.2) is 64.9 Å². The summed E-state index contributed by atoms with van der Waals surface area (Å²) in [4.78, 5) is 39.3. The number of carboxylic acids is 1. The lowest BCUT2D eigenvalue weighted by Gasteiger charge is -2.35. The molecule has 2 amide bonds. The van der Waals surface area contributed by atoms with Gasteiger partial charge in [-0.1, -0.05) is 48.5 Å². The van der Waals surface area contributed by atoms with Crippen LogP contribution < -0.4 is 5.32 Å². The Morgan fingerprint density at radius 3 is 2.32 bits per heavy atom. The van der Waals surface area contributed by atoms with Crippen molar-refractivity contribution in [3.05, 3.63) is 59.7 Å². The number of carboxylic acid groups (broad SMARTS) is 1. The lowest BCUT2D eigenvalue weighted by Crippen LogP contribution is -2.60. The molecule has 3 aliphatic rings. The van der Waals surface area contributed by atoms with Crippen molar-refractivity contribution in [3.63, 3.8) is 0 Å². The van der Waals surface area contributed by atoms with Crippen molar-refractivity contribution in [3.8, 4) is 11.1 Å². The maximum absolute atomic E-state index is 13.4. The number of hydrogen-bond acceptors (Lipinski definition) is 5. The third kappa shape index (κ3) is 3.72. The van der Waals surface area contributed by atoms with E-state index in [1.165, 1.54) is 4.90 Å². The zero-order valence-electron chi connectivity index (χ0n) is 19.2. The lowest BCUT2D eigenvalue weighted by atomic mass is 9.98. The van der Waals surface area contributed by atoms with Gasteiger partial charge in [0.2, 0.25) is 5.91 Å². The molecule has 0 aromatic heterocycles. The molecule has 8 nitrogen and oxygen atoms in total. The first-order valence-electron chi connectivity index (χ1n) is 11.6. The first-order valence-corrected chi connectivity index (χ1v) is 11.6. The Labute approximate surface area is 197 Å². The summed E-state index contributed by atoms with van der Waals surface area (Å²) < 4.78 is 11.2. The van der Waals surface area contributed by atoms with E-state index in [4.69, 9.17) is 9.47 Å². The fraction of sp³-hybridized carbons (Fsp3) is 0.423. The first-order chi connectivity index (χ1) is 16.3. The van der Waals surface area contributed by atoms with E-state index >= 15 is 0 Å². The fourth-order valence-corrected chi connectivity index (χ4v) is 5.52. The number of hydrogen-bond donors (Lipinski definition) is 2. The van der Waals surface area contributed by atoms with Crippen molar-refractivity contribution in [2.45, 2.75) is 56.3 Å². The predicted octanol–water partition coefficient (Wildman–Crippen LogP) is 3.15. The van der Waals surface area contributed by atoms with Crippen LogP contribution in [0.15, 0.2) is 48.5 Å². The van der Waals surface area contributed by atoms with Gasteiger partial charge in [-0.3, -0.25) is 4.79 Å². The molecule has 0 saturated carbocycles. The van der Waals surface area contributed by atoms with Gasteiger partial charge in [0.1, 0.15) is 18.2 Å². The van der Waals surface area contributed by atoms with Gasteiger partial charge in [0.05, 0.1) is 12.1 Å². The molecule has 2 saturated heterocycles. The molecule has 0 bridgehead atoms. The highest BCUT2D eigenvalue weighted by molar-refractivity contribution is 5.93. The van der Waals surface area contributed by atoms with Crippen molar-refractivity contribution >= 4 is 18.0 Å². The second-order valence-electron chi connectivity index (χ2n) is 9.64. The van der Waals surface area contributed by atoms with Gasteiger partial charge in [-0.05, 0) is 42.5 Å². The van der Waals surface area contributed by atoms with Gasteiger partial charge in [-0.25, -0.2) is 9.59 Å². The Kier molecular flexibility index (Phi) is 5.56. The van der Waals surface area contributed by atoms with Crippen LogP contribution in [0.4, 0.5) is 4.79 Å². The number of amides is 2. The molecule has 5 rings (SSSR count). The predicted molar refractivity (Wildman–Crippen MR) is 123 cm³/mol. The highest BCUT2D eigenvalue weighted by Gasteiger charge is 2.52. The first kappa shape index (κ1) is 22.4. The Bertz CT molecular complexity index is 1100. The summed E-state index contributed by atoms with van der Waals surface area (Å²) >= 11 is 0. The molecule has 2 aliphatic heterocycles. The van der Waals surface area contributed by atoms with Gasteiger partial charge in [-0.15, -0.1) is 0 Å². The molecular formula is C26H28N2O6. The average molecular weight is 465 g/mol. The zero-order valence-corrected chi connectivity index (χ0v) is 19.2. The standard InChI is InChI=1S/C26H28N2O6/c1-26(2,24(31)28-20-11-12-33-22(20)13-21(28)23(29)30)27-25(32)34-14-19-17-9-5-3-7-15(17)16-8-4-6-10-18(16)19/h3-10,19-22H,11-14H2,1-2H3,(H,27,32)(H,29,30). The smallest absolute Gasteiger partial charge is 0.408 e. The molecule has 1 aliphatic carbocycles. The number of aliphatic carboxylic acids is 1. The highest BCUT2D eigenvalue weighted by atomic mass is 16.5. The monoisotopic (exact) mass is 464 g/mol. The van der Waals surface area contributed by atoms with Crippen LogP contribution in [-0.2, 0) is 19.1 Å². The van der Waals surface area contributed by atoms with E-state index in [9.17, 15) is 19.5 Å². The summed E-state index contributed by atoms with van der Waals surface area (Å²) in [7, 11) is 0. The number of likely N-dealkylation sites (tertiary alicyclic amines) is 1. The van der Waals surface area contributed by atoms with Gasteiger partial charge in [0, 0.05) is 18.9 Å². The summed E-state index contributed by atoms with van der Waals surface area (Å²) in [6.45, 7) is 3.76. The van der Waals surface area contributed by atoms with E-state index in [0.29, 0.717) is 13.0 Å². The molecule has 2 fully saturated rings. The Morgan fingerprint density at radius 2 is 1.71 bits per heavy atom. The fourth-order valence-electron chi connectivity index (χ4n) is 5.52. The van der Waals surface area contributed by atoms with Crippen molar-refractivity contribution in [2.75, 3.05) is 13.2 Å². The second-order valence-corrected chi connectivity index (χ2v) is 9.64. The van der Waals surface area contributed by atoms with Crippen molar-refractivity contribution in [2.24, 2.45) is 0 Å². The maximum atomic E-state index is 13.4. The Balaban J connectivity index is 1.27. The summed E-state index contributed by atoms with van der Waals surface area (Å²) in [6, 6.07) is 14.8. The molecule has 8 heteroatoms. The van der Waals surface area contributed by atoms with E-state index in [-0.39, 0.29) is 31.1 Å². The molecule has 0 radical (unpaired) electrons. The van der Waals surface area contributed by atoms with Crippen LogP contribution in [0.1, 0.15) is 43.7 Å². The quantitative estimate of drug-likeness (QED) is 0.704. The van der Waals surface area contributed by atoms with Crippen LogP contribution in [0.2, 0.25) is 0 Å². The largest absolute Gasteiger partial charge is 0.480 e. The number of alkyl carbamates (subject to hydrolysis) is 1. The molecule has 34 heavy (non-hydrogen) atoms. The lowest BCUT2D eigenvalue weighted by molar-refractivity contribution is -0.152. The normalized spacial score (nSPS) is 23.2. The molecule has 3 atom stereocenters. The van der Waals surface area contributed by atoms with Crippen LogP contribution in [0.5, 0.6) is 0 Å². The molecule has 2 N–H and O–H groups in total. The van der Waals surface area contributed by atoms with E-state index in [2.05, 4.69) is 17.4 Å². The van der Waals surface area contributed by atoms with Gasteiger partial charge in [0.15, 0.2) is 0 Å². The van der Waals surface area contributed by atoms with Crippen molar-refractivity contribution in [1.29, 1.82) is 0 Å². The second kappa shape index (κ2) is 8.43. The molecule has 178 valence electrons. The third-order valence-electron chi connectivity index (χ3n) is 7.14. The van der Waals surface area contributed by atoms with E-state index < -0.39 is 29.6 Å². The van der Waals surface area contributed by atoms with Gasteiger partial charge in [-0.2, -0.15) is 0 Å². The number of carbonyl (C=O) groups excluding carboxylic acids is 2. The van der Waals surface area contributed by atoms with Crippen molar-refractivity contribution < 1.29 is 29.0 Å². The van der Waals surface area contributed by atoms with Crippen LogP contribution in [0.25, 0.3) is 11.1 Å². The number of nitrogens with one attached hydrogen (secondary N) is 1. The van der Waals surface area contributed by atoms with Crippen LogP contribution >= 0.6 is 0 Å². The molecule has 3 unspecified atom stereocenters. The topological polar surface area (TPSA) is 105 Å². The molecule has 2 aromatic carbocycles. The number of benzene rings is 2. The maximum Gasteiger partial charge on any atom is 0.408 e. The number of carbonyl (C=O) groups is 3. The molecule has 0 spiro atoms. The number of ether oxygens (including phenoxy) is 2. The average Bonchev–Trinajstić information content (AvgIpc) is 3.48. The van der Waals surface area contributed by atoms with Crippen LogP contribution in [0, 0.1) is 0 Å². The number of fused-ring (bicyclic) bond motifs is 4. The minimum absolute atomic E-state index is 0.0941. The molecular weight excluding hydrogens is 436 g/mol. The van der Waals surface area contributed by atoms with E-state index in [1.807, 2.05) is 36.4 Å². The van der Waals surface area contributed by atoms with E-state index in [1.54, 1.807) is 13.8 Å². The van der Waals surface area contributed by atoms with Gasteiger partial charge < -0.3 is 24.8 Å². The summed E-state index contributed by atoms with van der Waals surface area (Å²) in [5, 5.41) is 12.3. The van der Waals surface area contributed by atoms with Crippen molar-refractivity contribution in [1.82, 2.24) is 10.2 Å². The van der Waals surface area contributed by atoms with Gasteiger partial charge in [0.25, 0.3) is 0 Å². The number of rotatable bonds is 5.